The Morgan fingerprint density at radius 2 is 1.60 bits per heavy atom. The van der Waals surface area contributed by atoms with Crippen LogP contribution >= 0.6 is 11.6 Å². The molecule has 0 heterocycles. The molecule has 0 N–H and O–H groups in total. The molecule has 0 fully saturated rings. The number of hydrogen-bond acceptors (Lipinski definition) is 0. The summed E-state index contributed by atoms with van der Waals surface area (Å²) in [7, 11) is 0.0502. The molecule has 0 saturated heterocycles. The highest BCUT2D eigenvalue weighted by atomic mass is 35.5. The summed E-state index contributed by atoms with van der Waals surface area (Å²) < 4.78 is 35.7. The molecule has 0 bridgehead atoms. The fraction of sp³-hybridized carbons (Fsp3) is 1.00. The molecule has 1 atom stereocenters. The van der Waals surface area contributed by atoms with Crippen molar-refractivity contribution in [1.29, 1.82) is 0 Å². The third kappa shape index (κ3) is 2.92. The van der Waals surface area contributed by atoms with E-state index in [1.165, 1.54) is 13.8 Å². The second-order valence-corrected chi connectivity index (χ2v) is 4.96. The van der Waals surface area contributed by atoms with Crippen LogP contribution in [0.2, 0.25) is 5.54 Å². The van der Waals surface area contributed by atoms with Crippen LogP contribution in [0.25, 0.3) is 0 Å². The highest BCUT2D eigenvalue weighted by Crippen LogP contribution is 2.40. The van der Waals surface area contributed by atoms with Crippen LogP contribution in [0.3, 0.4) is 0 Å². The van der Waals surface area contributed by atoms with Gasteiger partial charge in [-0.15, -0.1) is 11.6 Å². The van der Waals surface area contributed by atoms with Gasteiger partial charge in [0.25, 0.3) is 0 Å². The monoisotopic (exact) mass is 190 g/mol. The summed E-state index contributed by atoms with van der Waals surface area (Å²) in [5.41, 5.74) is -1.33. The topological polar surface area (TPSA) is 0 Å². The molecule has 0 radical (unpaired) electrons. The second kappa shape index (κ2) is 2.74. The van der Waals surface area contributed by atoms with Gasteiger partial charge >= 0.3 is 6.18 Å². The molecule has 0 aliphatic rings. The van der Waals surface area contributed by atoms with Gasteiger partial charge in [-0.2, -0.15) is 13.2 Å². The Balaban J connectivity index is 4.23. The summed E-state index contributed by atoms with van der Waals surface area (Å²) in [4.78, 5) is -1.15. The quantitative estimate of drug-likeness (QED) is 0.436. The van der Waals surface area contributed by atoms with Crippen LogP contribution in [0.15, 0.2) is 0 Å². The molecule has 0 aromatic rings. The first-order valence-electron chi connectivity index (χ1n) is 2.91. The molecule has 62 valence electrons. The van der Waals surface area contributed by atoms with Gasteiger partial charge in [0.15, 0.2) is 0 Å². The summed E-state index contributed by atoms with van der Waals surface area (Å²) in [6, 6.07) is 0. The highest BCUT2D eigenvalue weighted by Gasteiger charge is 2.44. The van der Waals surface area contributed by atoms with Gasteiger partial charge in [-0.25, -0.2) is 0 Å². The van der Waals surface area contributed by atoms with Gasteiger partial charge in [-0.05, 0) is 13.8 Å². The van der Waals surface area contributed by atoms with Crippen LogP contribution < -0.4 is 0 Å². The number of alkyl halides is 4. The van der Waals surface area contributed by atoms with E-state index in [0.29, 0.717) is 0 Å². The molecule has 0 amide bonds. The van der Waals surface area contributed by atoms with Gasteiger partial charge in [0, 0.05) is 15.1 Å². The van der Waals surface area contributed by atoms with Crippen LogP contribution in [0.1, 0.15) is 13.8 Å². The number of rotatable bonds is 1. The van der Waals surface area contributed by atoms with E-state index in [1.54, 1.807) is 0 Å². The maximum atomic E-state index is 11.9. The van der Waals surface area contributed by atoms with Crippen LogP contribution in [0.5, 0.6) is 0 Å². The molecule has 0 rings (SSSR count). The van der Waals surface area contributed by atoms with Crippen molar-refractivity contribution in [1.82, 2.24) is 0 Å². The molecule has 5 heteroatoms. The Kier molecular flexibility index (Phi) is 2.82. The Labute approximate surface area is 66.2 Å². The van der Waals surface area contributed by atoms with E-state index in [9.17, 15) is 13.2 Å². The zero-order valence-corrected chi connectivity index (χ0v) is 8.85. The van der Waals surface area contributed by atoms with Crippen molar-refractivity contribution in [2.75, 3.05) is 0 Å². The van der Waals surface area contributed by atoms with E-state index in [4.69, 9.17) is 11.6 Å². The molecule has 10 heavy (non-hydrogen) atoms. The zero-order valence-electron chi connectivity index (χ0n) is 6.09. The maximum absolute atomic E-state index is 11.9. The predicted molar refractivity (Wildman–Crippen MR) is 39.7 cm³/mol. The van der Waals surface area contributed by atoms with Gasteiger partial charge in [0.1, 0.15) is 0 Å². The number of halogens is 4. The van der Waals surface area contributed by atoms with Crippen LogP contribution in [0, 0.1) is 0 Å². The van der Waals surface area contributed by atoms with Crippen molar-refractivity contribution in [3.63, 3.8) is 0 Å². The molecule has 0 aromatic carbocycles. The molecule has 0 nitrogen and oxygen atoms in total. The lowest BCUT2D eigenvalue weighted by Gasteiger charge is -2.26. The normalized spacial score (nSPS) is 17.4. The zero-order chi connectivity index (χ0) is 8.58. The average Bonchev–Trinajstić information content (AvgIpc) is 1.59. The first kappa shape index (κ1) is 10.3. The van der Waals surface area contributed by atoms with Gasteiger partial charge in [0.05, 0.1) is 5.54 Å². The minimum Gasteiger partial charge on any atom is -0.171 e. The maximum Gasteiger partial charge on any atom is 0.390 e. The summed E-state index contributed by atoms with van der Waals surface area (Å²) in [6.45, 7) is 2.78. The Hall–Kier alpha value is 0.297. The van der Waals surface area contributed by atoms with Crippen molar-refractivity contribution in [3.05, 3.63) is 0 Å². The summed E-state index contributed by atoms with van der Waals surface area (Å²) >= 11 is 5.48. The fourth-order valence-corrected chi connectivity index (χ4v) is 0.513. The SMILES string of the molecule is CC(C)(Cl)[C@@H]([SiH3])C(F)(F)F. The van der Waals surface area contributed by atoms with Crippen LogP contribution in [-0.2, 0) is 0 Å². The molecule has 0 spiro atoms. The lowest BCUT2D eigenvalue weighted by atomic mass is 10.1. The smallest absolute Gasteiger partial charge is 0.171 e. The third-order valence-electron chi connectivity index (χ3n) is 1.52. The lowest BCUT2D eigenvalue weighted by Crippen LogP contribution is -2.32. The van der Waals surface area contributed by atoms with Gasteiger partial charge in [-0.3, -0.25) is 0 Å². The van der Waals surface area contributed by atoms with Gasteiger partial charge in [-0.1, -0.05) is 0 Å². The molecule has 0 saturated carbocycles. The minimum absolute atomic E-state index is 0.0502. The molecule has 0 aliphatic carbocycles. The molecule has 0 aromatic heterocycles. The third-order valence-corrected chi connectivity index (χ3v) is 4.31. The van der Waals surface area contributed by atoms with Crippen LogP contribution in [0.4, 0.5) is 13.2 Å². The van der Waals surface area contributed by atoms with E-state index in [2.05, 4.69) is 0 Å². The molecule has 0 aliphatic heterocycles. The molecular formula is C5H10ClF3Si. The lowest BCUT2D eigenvalue weighted by molar-refractivity contribution is -0.138. The fourth-order valence-electron chi connectivity index (χ4n) is 0.389. The van der Waals surface area contributed by atoms with Crippen molar-refractivity contribution in [3.8, 4) is 0 Å². The first-order valence-corrected chi connectivity index (χ1v) is 4.44. The summed E-state index contributed by atoms with van der Waals surface area (Å²) in [5.74, 6) is 0. The molecular weight excluding hydrogens is 181 g/mol. The standard InChI is InChI=1S/C5H10ClF3Si/c1-4(2,6)3(10)5(7,8)9/h3H,1-2,10H3/t3-/m1/s1. The van der Waals surface area contributed by atoms with Crippen molar-refractivity contribution in [2.45, 2.75) is 30.4 Å². The van der Waals surface area contributed by atoms with E-state index in [0.717, 1.165) is 0 Å². The largest absolute Gasteiger partial charge is 0.390 e. The predicted octanol–water partition coefficient (Wildman–Crippen LogP) is 1.72. The molecule has 0 unspecified atom stereocenters. The Bertz CT molecular complexity index is 101. The second-order valence-electron chi connectivity index (χ2n) is 2.83. The highest BCUT2D eigenvalue weighted by molar-refractivity contribution is 6.29. The van der Waals surface area contributed by atoms with E-state index < -0.39 is 16.6 Å². The van der Waals surface area contributed by atoms with Crippen LogP contribution in [-0.4, -0.2) is 21.3 Å². The van der Waals surface area contributed by atoms with Crippen molar-refractivity contribution < 1.29 is 13.2 Å². The van der Waals surface area contributed by atoms with Crippen molar-refractivity contribution in [2.24, 2.45) is 0 Å². The van der Waals surface area contributed by atoms with Crippen molar-refractivity contribution >= 4 is 21.8 Å². The number of hydrogen-bond donors (Lipinski definition) is 0. The van der Waals surface area contributed by atoms with E-state index in [1.807, 2.05) is 0 Å². The van der Waals surface area contributed by atoms with Gasteiger partial charge in [0.2, 0.25) is 0 Å². The van der Waals surface area contributed by atoms with E-state index in [-0.39, 0.29) is 10.2 Å². The average molecular weight is 191 g/mol. The summed E-state index contributed by atoms with van der Waals surface area (Å²) in [5, 5.41) is 0. The van der Waals surface area contributed by atoms with Gasteiger partial charge < -0.3 is 0 Å². The minimum atomic E-state index is -4.13. The van der Waals surface area contributed by atoms with E-state index >= 15 is 0 Å². The first-order chi connectivity index (χ1) is 4.15. The Morgan fingerprint density at radius 3 is 1.60 bits per heavy atom. The summed E-state index contributed by atoms with van der Waals surface area (Å²) in [6.07, 6.45) is -4.13. The Morgan fingerprint density at radius 1 is 1.30 bits per heavy atom.